The van der Waals surface area contributed by atoms with Crippen molar-refractivity contribution in [2.45, 2.75) is 39.0 Å². The number of unbranched alkanes of at least 4 members (excludes halogenated alkanes) is 1. The fourth-order valence-corrected chi connectivity index (χ4v) is 1.88. The van der Waals surface area contributed by atoms with Gasteiger partial charge in [-0.25, -0.2) is 0 Å². The SMILES string of the molecule is CCCCc1cc(C(=O)CCC(=O)O)ccc1OC. The van der Waals surface area contributed by atoms with Crippen molar-refractivity contribution in [1.82, 2.24) is 0 Å². The summed E-state index contributed by atoms with van der Waals surface area (Å²) < 4.78 is 5.27. The second-order valence-corrected chi connectivity index (χ2v) is 4.45. The lowest BCUT2D eigenvalue weighted by molar-refractivity contribution is -0.136. The molecule has 0 amide bonds. The third kappa shape index (κ3) is 4.73. The first-order valence-corrected chi connectivity index (χ1v) is 6.50. The number of carbonyl (C=O) groups is 2. The van der Waals surface area contributed by atoms with Crippen LogP contribution in [0.3, 0.4) is 0 Å². The molecule has 0 saturated carbocycles. The molecule has 0 saturated heterocycles. The quantitative estimate of drug-likeness (QED) is 0.733. The van der Waals surface area contributed by atoms with E-state index in [0.717, 1.165) is 30.6 Å². The Balaban J connectivity index is 2.84. The Bertz CT molecular complexity index is 451. The van der Waals surface area contributed by atoms with Crippen LogP contribution < -0.4 is 4.74 Å². The van der Waals surface area contributed by atoms with Crippen molar-refractivity contribution in [1.29, 1.82) is 0 Å². The van der Waals surface area contributed by atoms with Gasteiger partial charge in [-0.3, -0.25) is 9.59 Å². The third-order valence-electron chi connectivity index (χ3n) is 2.97. The Hall–Kier alpha value is -1.84. The van der Waals surface area contributed by atoms with Crippen LogP contribution in [0.1, 0.15) is 48.5 Å². The van der Waals surface area contributed by atoms with Crippen molar-refractivity contribution in [2.24, 2.45) is 0 Å². The fourth-order valence-electron chi connectivity index (χ4n) is 1.88. The number of hydrogen-bond acceptors (Lipinski definition) is 3. The smallest absolute Gasteiger partial charge is 0.303 e. The van der Waals surface area contributed by atoms with Crippen LogP contribution in [0.25, 0.3) is 0 Å². The largest absolute Gasteiger partial charge is 0.496 e. The van der Waals surface area contributed by atoms with E-state index < -0.39 is 5.97 Å². The van der Waals surface area contributed by atoms with Gasteiger partial charge in [0.05, 0.1) is 13.5 Å². The average Bonchev–Trinajstić information content (AvgIpc) is 2.42. The van der Waals surface area contributed by atoms with Crippen LogP contribution in [0.5, 0.6) is 5.75 Å². The summed E-state index contributed by atoms with van der Waals surface area (Å²) in [7, 11) is 1.61. The predicted octanol–water partition coefficient (Wildman–Crippen LogP) is 3.09. The number of ether oxygens (including phenoxy) is 1. The minimum atomic E-state index is -0.951. The van der Waals surface area contributed by atoms with E-state index in [1.165, 1.54) is 0 Å². The van der Waals surface area contributed by atoms with Crippen molar-refractivity contribution in [3.63, 3.8) is 0 Å². The topological polar surface area (TPSA) is 63.6 Å². The Morgan fingerprint density at radius 3 is 2.58 bits per heavy atom. The predicted molar refractivity (Wildman–Crippen MR) is 72.8 cm³/mol. The minimum Gasteiger partial charge on any atom is -0.496 e. The summed E-state index contributed by atoms with van der Waals surface area (Å²) in [4.78, 5) is 22.3. The number of aliphatic carboxylic acids is 1. The summed E-state index contributed by atoms with van der Waals surface area (Å²) in [6.45, 7) is 2.11. The number of aryl methyl sites for hydroxylation is 1. The number of methoxy groups -OCH3 is 1. The normalized spacial score (nSPS) is 10.2. The molecule has 0 fully saturated rings. The molecule has 0 aliphatic carbocycles. The summed E-state index contributed by atoms with van der Waals surface area (Å²) in [5.74, 6) is -0.306. The maximum Gasteiger partial charge on any atom is 0.303 e. The fraction of sp³-hybridized carbons (Fsp3) is 0.467. The minimum absolute atomic E-state index is 0.0366. The molecule has 19 heavy (non-hydrogen) atoms. The highest BCUT2D eigenvalue weighted by molar-refractivity contribution is 5.97. The summed E-state index contributed by atoms with van der Waals surface area (Å²) in [5.41, 5.74) is 1.57. The maximum atomic E-state index is 11.9. The van der Waals surface area contributed by atoms with Crippen molar-refractivity contribution in [3.05, 3.63) is 29.3 Å². The number of carboxylic acid groups (broad SMARTS) is 1. The second-order valence-electron chi connectivity index (χ2n) is 4.45. The first-order chi connectivity index (χ1) is 9.08. The van der Waals surface area contributed by atoms with E-state index in [2.05, 4.69) is 6.92 Å². The van der Waals surface area contributed by atoms with Gasteiger partial charge >= 0.3 is 5.97 Å². The third-order valence-corrected chi connectivity index (χ3v) is 2.97. The highest BCUT2D eigenvalue weighted by atomic mass is 16.5. The van der Waals surface area contributed by atoms with Crippen LogP contribution in [-0.4, -0.2) is 24.0 Å². The molecule has 1 rings (SSSR count). The molecule has 1 N–H and O–H groups in total. The van der Waals surface area contributed by atoms with Gasteiger partial charge in [0.1, 0.15) is 5.75 Å². The lowest BCUT2D eigenvalue weighted by Crippen LogP contribution is -2.05. The lowest BCUT2D eigenvalue weighted by atomic mass is 10.00. The van der Waals surface area contributed by atoms with Gasteiger partial charge in [0.2, 0.25) is 0 Å². The van der Waals surface area contributed by atoms with Gasteiger partial charge in [-0.15, -0.1) is 0 Å². The molecular formula is C15H20O4. The van der Waals surface area contributed by atoms with Gasteiger partial charge < -0.3 is 9.84 Å². The van der Waals surface area contributed by atoms with Crippen LogP contribution in [-0.2, 0) is 11.2 Å². The Morgan fingerprint density at radius 2 is 2.00 bits per heavy atom. The van der Waals surface area contributed by atoms with Crippen molar-refractivity contribution < 1.29 is 19.4 Å². The zero-order chi connectivity index (χ0) is 14.3. The molecule has 0 spiro atoms. The zero-order valence-electron chi connectivity index (χ0n) is 11.4. The lowest BCUT2D eigenvalue weighted by Gasteiger charge is -2.10. The van der Waals surface area contributed by atoms with Crippen molar-refractivity contribution in [3.8, 4) is 5.75 Å². The van der Waals surface area contributed by atoms with Gasteiger partial charge in [-0.05, 0) is 36.6 Å². The van der Waals surface area contributed by atoms with Crippen LogP contribution in [0, 0.1) is 0 Å². The monoisotopic (exact) mass is 264 g/mol. The molecule has 0 aliphatic rings. The molecule has 4 nitrogen and oxygen atoms in total. The van der Waals surface area contributed by atoms with Gasteiger partial charge in [-0.1, -0.05) is 13.3 Å². The first-order valence-electron chi connectivity index (χ1n) is 6.50. The zero-order valence-corrected chi connectivity index (χ0v) is 11.4. The molecule has 0 atom stereocenters. The molecule has 1 aromatic carbocycles. The number of carbonyl (C=O) groups excluding carboxylic acids is 1. The number of hydrogen-bond donors (Lipinski definition) is 1. The van der Waals surface area contributed by atoms with Crippen molar-refractivity contribution in [2.75, 3.05) is 7.11 Å². The van der Waals surface area contributed by atoms with E-state index in [1.54, 1.807) is 19.2 Å². The molecule has 0 aromatic heterocycles. The van der Waals surface area contributed by atoms with E-state index in [0.29, 0.717) is 5.56 Å². The van der Waals surface area contributed by atoms with E-state index in [4.69, 9.17) is 9.84 Å². The Kier molecular flexibility index (Phi) is 6.06. The van der Waals surface area contributed by atoms with Crippen LogP contribution >= 0.6 is 0 Å². The van der Waals surface area contributed by atoms with Gasteiger partial charge in [0.25, 0.3) is 0 Å². The van der Waals surface area contributed by atoms with Crippen molar-refractivity contribution >= 4 is 11.8 Å². The summed E-state index contributed by atoms with van der Waals surface area (Å²) in [6.07, 6.45) is 2.87. The van der Waals surface area contributed by atoms with E-state index >= 15 is 0 Å². The standard InChI is InChI=1S/C15H20O4/c1-3-4-5-12-10-11(6-8-14(12)19-2)13(16)7-9-15(17)18/h6,8,10H,3-5,7,9H2,1-2H3,(H,17,18). The number of ketones is 1. The van der Waals surface area contributed by atoms with Crippen LogP contribution in [0.15, 0.2) is 18.2 Å². The average molecular weight is 264 g/mol. The van der Waals surface area contributed by atoms with Gasteiger partial charge in [-0.2, -0.15) is 0 Å². The second kappa shape index (κ2) is 7.56. The molecule has 0 bridgehead atoms. The molecular weight excluding hydrogens is 244 g/mol. The van der Waals surface area contributed by atoms with Crippen LogP contribution in [0.4, 0.5) is 0 Å². The summed E-state index contributed by atoms with van der Waals surface area (Å²) in [5, 5.41) is 8.59. The highest BCUT2D eigenvalue weighted by Crippen LogP contribution is 2.22. The van der Waals surface area contributed by atoms with E-state index in [9.17, 15) is 9.59 Å². The first kappa shape index (κ1) is 15.2. The van der Waals surface area contributed by atoms with E-state index in [-0.39, 0.29) is 18.6 Å². The molecule has 0 unspecified atom stereocenters. The number of Topliss-reactive ketones (excluding diaryl/α,β-unsaturated/α-hetero) is 1. The number of rotatable bonds is 8. The molecule has 0 aliphatic heterocycles. The Morgan fingerprint density at radius 1 is 1.26 bits per heavy atom. The number of carboxylic acids is 1. The van der Waals surface area contributed by atoms with E-state index in [1.807, 2.05) is 6.07 Å². The van der Waals surface area contributed by atoms with Gasteiger partial charge in [0, 0.05) is 12.0 Å². The summed E-state index contributed by atoms with van der Waals surface area (Å²) >= 11 is 0. The van der Waals surface area contributed by atoms with Crippen LogP contribution in [0.2, 0.25) is 0 Å². The molecule has 0 heterocycles. The number of benzene rings is 1. The molecule has 104 valence electrons. The molecule has 0 radical (unpaired) electrons. The van der Waals surface area contributed by atoms with Gasteiger partial charge in [0.15, 0.2) is 5.78 Å². The Labute approximate surface area is 113 Å². The molecule has 4 heteroatoms. The highest BCUT2D eigenvalue weighted by Gasteiger charge is 2.11. The maximum absolute atomic E-state index is 11.9. The molecule has 1 aromatic rings. The summed E-state index contributed by atoms with van der Waals surface area (Å²) in [6, 6.07) is 5.29.